The van der Waals surface area contributed by atoms with Crippen molar-refractivity contribution in [3.8, 4) is 0 Å². The molecule has 3 N–H and O–H groups in total. The van der Waals surface area contributed by atoms with Gasteiger partial charge in [0.05, 0.1) is 0 Å². The number of anilines is 1. The van der Waals surface area contributed by atoms with Gasteiger partial charge in [0, 0.05) is 30.1 Å². The van der Waals surface area contributed by atoms with Gasteiger partial charge in [-0.15, -0.1) is 0 Å². The summed E-state index contributed by atoms with van der Waals surface area (Å²) in [5.74, 6) is 0.447. The molecule has 0 saturated heterocycles. The summed E-state index contributed by atoms with van der Waals surface area (Å²) in [4.78, 5) is 4.15. The lowest BCUT2D eigenvalue weighted by Crippen LogP contribution is -2.14. The maximum Gasteiger partial charge on any atom is 0.133 e. The predicted octanol–water partition coefficient (Wildman–Crippen LogP) is 1.74. The Morgan fingerprint density at radius 1 is 1.27 bits per heavy atom. The van der Waals surface area contributed by atoms with Crippen molar-refractivity contribution in [1.82, 2.24) is 4.98 Å². The third-order valence-corrected chi connectivity index (χ3v) is 2.19. The number of nitrogens with two attached hydrogens (primary N) is 1. The van der Waals surface area contributed by atoms with Gasteiger partial charge in [-0.2, -0.15) is 0 Å². The van der Waals surface area contributed by atoms with Crippen LogP contribution in [0.4, 0.5) is 10.2 Å². The topological polar surface area (TPSA) is 50.9 Å². The fourth-order valence-electron chi connectivity index (χ4n) is 1.50. The number of halogens is 1. The van der Waals surface area contributed by atoms with Crippen molar-refractivity contribution in [1.29, 1.82) is 0 Å². The van der Waals surface area contributed by atoms with Gasteiger partial charge in [-0.3, -0.25) is 0 Å². The van der Waals surface area contributed by atoms with Crippen molar-refractivity contribution in [3.63, 3.8) is 0 Å². The zero-order chi connectivity index (χ0) is 10.7. The van der Waals surface area contributed by atoms with E-state index in [9.17, 15) is 4.39 Å². The molecule has 0 fully saturated rings. The predicted molar refractivity (Wildman–Crippen MR) is 59.2 cm³/mol. The van der Waals surface area contributed by atoms with E-state index in [1.165, 1.54) is 6.07 Å². The molecule has 0 atom stereocenters. The summed E-state index contributed by atoms with van der Waals surface area (Å²) < 4.78 is 13.4. The summed E-state index contributed by atoms with van der Waals surface area (Å²) in [7, 11) is 0. The molecule has 0 aliphatic heterocycles. The molecule has 0 unspecified atom stereocenters. The summed E-state index contributed by atoms with van der Waals surface area (Å²) in [6.07, 6.45) is 1.59. The SMILES string of the molecule is NCCNc1nccc2c(F)cccc12. The van der Waals surface area contributed by atoms with Crippen LogP contribution in [0.25, 0.3) is 10.8 Å². The number of pyridine rings is 1. The fraction of sp³-hybridized carbons (Fsp3) is 0.182. The Morgan fingerprint density at radius 3 is 2.93 bits per heavy atom. The van der Waals surface area contributed by atoms with Gasteiger partial charge in [-0.05, 0) is 12.1 Å². The molecule has 4 heteroatoms. The standard InChI is InChI=1S/C11H12FN3/c12-10-3-1-2-9-8(10)4-6-14-11(9)15-7-5-13/h1-4,6H,5,7,13H2,(H,14,15). The number of hydrogen-bond donors (Lipinski definition) is 2. The van der Waals surface area contributed by atoms with Crippen LogP contribution in [-0.4, -0.2) is 18.1 Å². The summed E-state index contributed by atoms with van der Waals surface area (Å²) in [5, 5.41) is 4.42. The van der Waals surface area contributed by atoms with Crippen molar-refractivity contribution in [2.45, 2.75) is 0 Å². The summed E-state index contributed by atoms with van der Waals surface area (Å²) in [6.45, 7) is 1.15. The van der Waals surface area contributed by atoms with E-state index in [0.29, 0.717) is 24.3 Å². The van der Waals surface area contributed by atoms with Gasteiger partial charge >= 0.3 is 0 Å². The van der Waals surface area contributed by atoms with Gasteiger partial charge in [-0.1, -0.05) is 12.1 Å². The summed E-state index contributed by atoms with van der Waals surface area (Å²) in [5.41, 5.74) is 5.39. The van der Waals surface area contributed by atoms with Gasteiger partial charge in [0.2, 0.25) is 0 Å². The quantitative estimate of drug-likeness (QED) is 0.802. The average molecular weight is 205 g/mol. The molecule has 2 aromatic rings. The van der Waals surface area contributed by atoms with Crippen molar-refractivity contribution < 1.29 is 4.39 Å². The van der Waals surface area contributed by atoms with Crippen molar-refractivity contribution >= 4 is 16.6 Å². The first-order chi connectivity index (χ1) is 7.33. The molecule has 2 rings (SSSR count). The van der Waals surface area contributed by atoms with Gasteiger partial charge in [-0.25, -0.2) is 9.37 Å². The first-order valence-corrected chi connectivity index (χ1v) is 4.80. The Bertz CT molecular complexity index is 470. The molecule has 0 aliphatic rings. The Balaban J connectivity index is 2.51. The van der Waals surface area contributed by atoms with E-state index in [-0.39, 0.29) is 5.82 Å². The van der Waals surface area contributed by atoms with Crippen molar-refractivity contribution in [2.75, 3.05) is 18.4 Å². The lowest BCUT2D eigenvalue weighted by Gasteiger charge is -2.07. The second-order valence-corrected chi connectivity index (χ2v) is 3.21. The van der Waals surface area contributed by atoms with Crippen LogP contribution in [0.3, 0.4) is 0 Å². The van der Waals surface area contributed by atoms with Crippen LogP contribution in [0.2, 0.25) is 0 Å². The summed E-state index contributed by atoms with van der Waals surface area (Å²) in [6, 6.07) is 6.62. The molecular weight excluding hydrogens is 193 g/mol. The van der Waals surface area contributed by atoms with Gasteiger partial charge in [0.25, 0.3) is 0 Å². The first kappa shape index (κ1) is 9.86. The van der Waals surface area contributed by atoms with E-state index in [0.717, 1.165) is 5.39 Å². The van der Waals surface area contributed by atoms with Crippen LogP contribution >= 0.6 is 0 Å². The maximum absolute atomic E-state index is 13.4. The normalized spacial score (nSPS) is 10.5. The Kier molecular flexibility index (Phi) is 2.78. The van der Waals surface area contributed by atoms with Crippen LogP contribution < -0.4 is 11.1 Å². The molecular formula is C11H12FN3. The molecule has 1 heterocycles. The summed E-state index contributed by atoms with van der Waals surface area (Å²) >= 11 is 0. The van der Waals surface area contributed by atoms with Gasteiger partial charge in [0.1, 0.15) is 11.6 Å². The van der Waals surface area contributed by atoms with E-state index in [1.54, 1.807) is 18.3 Å². The Hall–Kier alpha value is -1.68. The van der Waals surface area contributed by atoms with E-state index < -0.39 is 0 Å². The van der Waals surface area contributed by atoms with E-state index >= 15 is 0 Å². The number of aromatic nitrogens is 1. The zero-order valence-electron chi connectivity index (χ0n) is 8.20. The van der Waals surface area contributed by atoms with Crippen LogP contribution in [0, 0.1) is 5.82 Å². The van der Waals surface area contributed by atoms with Crippen LogP contribution in [-0.2, 0) is 0 Å². The molecule has 0 bridgehead atoms. The largest absolute Gasteiger partial charge is 0.368 e. The van der Waals surface area contributed by atoms with E-state index in [2.05, 4.69) is 10.3 Å². The number of nitrogens with zero attached hydrogens (tertiary/aromatic N) is 1. The maximum atomic E-state index is 13.4. The first-order valence-electron chi connectivity index (χ1n) is 4.80. The molecule has 1 aromatic heterocycles. The average Bonchev–Trinajstić information content (AvgIpc) is 2.27. The van der Waals surface area contributed by atoms with Crippen LogP contribution in [0.5, 0.6) is 0 Å². The highest BCUT2D eigenvalue weighted by atomic mass is 19.1. The van der Waals surface area contributed by atoms with Crippen molar-refractivity contribution in [2.24, 2.45) is 5.73 Å². The number of rotatable bonds is 3. The second kappa shape index (κ2) is 4.23. The minimum absolute atomic E-state index is 0.231. The number of nitrogens with one attached hydrogen (secondary N) is 1. The highest BCUT2D eigenvalue weighted by molar-refractivity contribution is 5.92. The molecule has 78 valence electrons. The lowest BCUT2D eigenvalue weighted by atomic mass is 10.1. The number of hydrogen-bond acceptors (Lipinski definition) is 3. The monoisotopic (exact) mass is 205 g/mol. The molecule has 3 nitrogen and oxygen atoms in total. The minimum Gasteiger partial charge on any atom is -0.368 e. The number of fused-ring (bicyclic) bond motifs is 1. The molecule has 0 radical (unpaired) electrons. The molecule has 0 saturated carbocycles. The van der Waals surface area contributed by atoms with E-state index in [4.69, 9.17) is 5.73 Å². The highest BCUT2D eigenvalue weighted by Crippen LogP contribution is 2.22. The zero-order valence-corrected chi connectivity index (χ0v) is 8.20. The van der Waals surface area contributed by atoms with Gasteiger partial charge in [0.15, 0.2) is 0 Å². The third-order valence-electron chi connectivity index (χ3n) is 2.19. The minimum atomic E-state index is -0.231. The third kappa shape index (κ3) is 1.89. The molecule has 0 aliphatic carbocycles. The van der Waals surface area contributed by atoms with Crippen molar-refractivity contribution in [3.05, 3.63) is 36.3 Å². The Labute approximate surface area is 87.1 Å². The second-order valence-electron chi connectivity index (χ2n) is 3.21. The smallest absolute Gasteiger partial charge is 0.133 e. The fourth-order valence-corrected chi connectivity index (χ4v) is 1.50. The molecule has 15 heavy (non-hydrogen) atoms. The Morgan fingerprint density at radius 2 is 2.13 bits per heavy atom. The lowest BCUT2D eigenvalue weighted by molar-refractivity contribution is 0.640. The van der Waals surface area contributed by atoms with Crippen LogP contribution in [0.1, 0.15) is 0 Å². The highest BCUT2D eigenvalue weighted by Gasteiger charge is 2.04. The number of benzene rings is 1. The van der Waals surface area contributed by atoms with E-state index in [1.807, 2.05) is 6.07 Å². The van der Waals surface area contributed by atoms with Gasteiger partial charge < -0.3 is 11.1 Å². The molecule has 0 spiro atoms. The van der Waals surface area contributed by atoms with Crippen LogP contribution in [0.15, 0.2) is 30.5 Å². The molecule has 0 amide bonds. The molecule has 1 aromatic carbocycles.